The van der Waals surface area contributed by atoms with E-state index in [0.717, 1.165) is 5.56 Å². The second-order valence-electron chi connectivity index (χ2n) is 6.54. The fourth-order valence-corrected chi connectivity index (χ4v) is 4.04. The standard InChI is InChI=1S/C17H20ClN3O3S/c1-17(2,3)21-25(23,24)15-9-13(6-7-14(15)18)16(22)20-11-12-5-4-8-19-10-12/h4-10,21H,11H2,1-3H3,(H,20,22). The molecule has 0 radical (unpaired) electrons. The summed E-state index contributed by atoms with van der Waals surface area (Å²) >= 11 is 6.03. The van der Waals surface area contributed by atoms with Crippen LogP contribution in [0, 0.1) is 0 Å². The van der Waals surface area contributed by atoms with Gasteiger partial charge in [-0.25, -0.2) is 13.1 Å². The quantitative estimate of drug-likeness (QED) is 0.833. The molecular formula is C17H20ClN3O3S. The Bertz CT molecular complexity index is 862. The number of rotatable bonds is 5. The highest BCUT2D eigenvalue weighted by atomic mass is 35.5. The van der Waals surface area contributed by atoms with Gasteiger partial charge in [0.1, 0.15) is 4.90 Å². The molecular weight excluding hydrogens is 362 g/mol. The second-order valence-corrected chi connectivity index (χ2v) is 8.60. The lowest BCUT2D eigenvalue weighted by Gasteiger charge is -2.21. The van der Waals surface area contributed by atoms with Gasteiger partial charge in [0.15, 0.2) is 0 Å². The van der Waals surface area contributed by atoms with Crippen molar-refractivity contribution in [2.24, 2.45) is 0 Å². The molecule has 1 heterocycles. The summed E-state index contributed by atoms with van der Waals surface area (Å²) in [5.74, 6) is -0.396. The number of aromatic nitrogens is 1. The van der Waals surface area contributed by atoms with Gasteiger partial charge in [0.25, 0.3) is 5.91 Å². The number of benzene rings is 1. The molecule has 0 unspecified atom stereocenters. The largest absolute Gasteiger partial charge is 0.348 e. The van der Waals surface area contributed by atoms with Gasteiger partial charge in [-0.05, 0) is 50.6 Å². The van der Waals surface area contributed by atoms with Crippen LogP contribution in [-0.2, 0) is 16.6 Å². The lowest BCUT2D eigenvalue weighted by Crippen LogP contribution is -2.40. The maximum Gasteiger partial charge on any atom is 0.251 e. The Labute approximate surface area is 152 Å². The van der Waals surface area contributed by atoms with Crippen LogP contribution in [-0.4, -0.2) is 24.8 Å². The molecule has 1 aromatic carbocycles. The topological polar surface area (TPSA) is 88.2 Å². The molecule has 134 valence electrons. The third-order valence-electron chi connectivity index (χ3n) is 3.10. The van der Waals surface area contributed by atoms with E-state index in [1.165, 1.54) is 18.2 Å². The van der Waals surface area contributed by atoms with Crippen molar-refractivity contribution in [3.8, 4) is 0 Å². The fraction of sp³-hybridized carbons (Fsp3) is 0.294. The summed E-state index contributed by atoms with van der Waals surface area (Å²) in [4.78, 5) is 16.1. The van der Waals surface area contributed by atoms with Crippen LogP contribution in [0.3, 0.4) is 0 Å². The first-order chi connectivity index (χ1) is 11.6. The number of carbonyl (C=O) groups is 1. The Morgan fingerprint density at radius 3 is 2.56 bits per heavy atom. The minimum atomic E-state index is -3.84. The van der Waals surface area contributed by atoms with Gasteiger partial charge in [0.2, 0.25) is 10.0 Å². The fourth-order valence-electron chi connectivity index (χ4n) is 2.10. The van der Waals surface area contributed by atoms with Crippen molar-refractivity contribution >= 4 is 27.5 Å². The molecule has 0 aliphatic carbocycles. The Kier molecular flexibility index (Phi) is 5.82. The summed E-state index contributed by atoms with van der Waals surface area (Å²) in [5, 5.41) is 2.78. The zero-order valence-electron chi connectivity index (χ0n) is 14.2. The number of hydrogen-bond donors (Lipinski definition) is 2. The molecule has 0 spiro atoms. The van der Waals surface area contributed by atoms with Gasteiger partial charge in [-0.1, -0.05) is 17.7 Å². The van der Waals surface area contributed by atoms with Gasteiger partial charge in [-0.2, -0.15) is 0 Å². The molecule has 25 heavy (non-hydrogen) atoms. The molecule has 0 saturated heterocycles. The van der Waals surface area contributed by atoms with Crippen LogP contribution in [0.15, 0.2) is 47.6 Å². The molecule has 1 aromatic heterocycles. The van der Waals surface area contributed by atoms with Crippen LogP contribution in [0.2, 0.25) is 5.02 Å². The Balaban J connectivity index is 2.22. The normalized spacial score (nSPS) is 12.0. The summed E-state index contributed by atoms with van der Waals surface area (Å²) in [6.07, 6.45) is 3.29. The molecule has 0 aliphatic heterocycles. The maximum absolute atomic E-state index is 12.5. The first kappa shape index (κ1) is 19.4. The molecule has 0 bridgehead atoms. The van der Waals surface area contributed by atoms with Crippen LogP contribution in [0.25, 0.3) is 0 Å². The minimum Gasteiger partial charge on any atom is -0.348 e. The predicted molar refractivity (Wildman–Crippen MR) is 96.9 cm³/mol. The minimum absolute atomic E-state index is 0.0561. The summed E-state index contributed by atoms with van der Waals surface area (Å²) in [6, 6.07) is 7.76. The van der Waals surface area contributed by atoms with Crippen molar-refractivity contribution in [1.82, 2.24) is 15.0 Å². The highest BCUT2D eigenvalue weighted by Crippen LogP contribution is 2.24. The number of carbonyl (C=O) groups excluding carboxylic acids is 1. The van der Waals surface area contributed by atoms with Gasteiger partial charge in [-0.3, -0.25) is 9.78 Å². The van der Waals surface area contributed by atoms with Gasteiger partial charge < -0.3 is 5.32 Å². The smallest absolute Gasteiger partial charge is 0.251 e. The molecule has 8 heteroatoms. The summed E-state index contributed by atoms with van der Waals surface area (Å²) < 4.78 is 27.5. The number of hydrogen-bond acceptors (Lipinski definition) is 4. The average molecular weight is 382 g/mol. The number of sulfonamides is 1. The molecule has 6 nitrogen and oxygen atoms in total. The molecule has 0 aliphatic rings. The van der Waals surface area contributed by atoms with Gasteiger partial charge in [-0.15, -0.1) is 0 Å². The molecule has 2 rings (SSSR count). The third-order valence-corrected chi connectivity index (χ3v) is 5.34. The average Bonchev–Trinajstić information content (AvgIpc) is 2.51. The Hall–Kier alpha value is -1.96. The molecule has 0 fully saturated rings. The van der Waals surface area contributed by atoms with Crippen LogP contribution in [0.5, 0.6) is 0 Å². The summed E-state index contributed by atoms with van der Waals surface area (Å²) in [6.45, 7) is 5.46. The number of nitrogens with one attached hydrogen (secondary N) is 2. The Morgan fingerprint density at radius 2 is 1.96 bits per heavy atom. The van der Waals surface area contributed by atoms with Gasteiger partial charge in [0.05, 0.1) is 5.02 Å². The van der Waals surface area contributed by atoms with E-state index in [2.05, 4.69) is 15.0 Å². The maximum atomic E-state index is 12.5. The molecule has 0 atom stereocenters. The van der Waals surface area contributed by atoms with E-state index in [4.69, 9.17) is 11.6 Å². The first-order valence-corrected chi connectivity index (χ1v) is 9.45. The SMILES string of the molecule is CC(C)(C)NS(=O)(=O)c1cc(C(=O)NCc2cccnc2)ccc1Cl. The zero-order valence-corrected chi connectivity index (χ0v) is 15.8. The lowest BCUT2D eigenvalue weighted by atomic mass is 10.1. The van der Waals surface area contributed by atoms with Crippen molar-refractivity contribution in [1.29, 1.82) is 0 Å². The van der Waals surface area contributed by atoms with Crippen molar-refractivity contribution in [2.75, 3.05) is 0 Å². The van der Waals surface area contributed by atoms with E-state index < -0.39 is 21.5 Å². The van der Waals surface area contributed by atoms with E-state index in [1.54, 1.807) is 39.2 Å². The van der Waals surface area contributed by atoms with Crippen LogP contribution in [0.4, 0.5) is 0 Å². The number of nitrogens with zero attached hydrogens (tertiary/aromatic N) is 1. The highest BCUT2D eigenvalue weighted by molar-refractivity contribution is 7.89. The van der Waals surface area contributed by atoms with Crippen LogP contribution in [0.1, 0.15) is 36.7 Å². The highest BCUT2D eigenvalue weighted by Gasteiger charge is 2.25. The Morgan fingerprint density at radius 1 is 1.24 bits per heavy atom. The lowest BCUT2D eigenvalue weighted by molar-refractivity contribution is 0.0950. The van der Waals surface area contributed by atoms with Gasteiger partial charge >= 0.3 is 0 Å². The third kappa shape index (κ3) is 5.52. The van der Waals surface area contributed by atoms with E-state index in [0.29, 0.717) is 0 Å². The van der Waals surface area contributed by atoms with Crippen molar-refractivity contribution in [3.63, 3.8) is 0 Å². The van der Waals surface area contributed by atoms with E-state index in [1.807, 2.05) is 6.07 Å². The van der Waals surface area contributed by atoms with Gasteiger partial charge in [0, 0.05) is 30.0 Å². The summed E-state index contributed by atoms with van der Waals surface area (Å²) in [7, 11) is -3.84. The molecule has 1 amide bonds. The molecule has 0 saturated carbocycles. The van der Waals surface area contributed by atoms with E-state index in [-0.39, 0.29) is 22.0 Å². The zero-order chi connectivity index (χ0) is 18.7. The van der Waals surface area contributed by atoms with E-state index in [9.17, 15) is 13.2 Å². The second kappa shape index (κ2) is 7.51. The predicted octanol–water partition coefficient (Wildman–Crippen LogP) is 2.74. The first-order valence-electron chi connectivity index (χ1n) is 7.59. The van der Waals surface area contributed by atoms with Crippen LogP contribution < -0.4 is 10.0 Å². The number of halogens is 1. The van der Waals surface area contributed by atoms with Crippen molar-refractivity contribution in [2.45, 2.75) is 37.8 Å². The summed E-state index contributed by atoms with van der Waals surface area (Å²) in [5.41, 5.74) is 0.385. The van der Waals surface area contributed by atoms with E-state index >= 15 is 0 Å². The number of pyridine rings is 1. The molecule has 2 aromatic rings. The van der Waals surface area contributed by atoms with Crippen molar-refractivity contribution in [3.05, 3.63) is 58.9 Å². The van der Waals surface area contributed by atoms with Crippen molar-refractivity contribution < 1.29 is 13.2 Å². The molecule has 2 N–H and O–H groups in total. The number of amides is 1. The van der Waals surface area contributed by atoms with Crippen LogP contribution >= 0.6 is 11.6 Å². The monoisotopic (exact) mass is 381 g/mol.